The van der Waals surface area contributed by atoms with Crippen LogP contribution in [0.25, 0.3) is 108 Å². The first-order chi connectivity index (χ1) is 55.1. The van der Waals surface area contributed by atoms with Gasteiger partial charge in [-0.2, -0.15) is 0 Å². The first-order valence-electron chi connectivity index (χ1n) is 37.8. The van der Waals surface area contributed by atoms with Gasteiger partial charge in [0, 0.05) is 85.9 Å². The van der Waals surface area contributed by atoms with Gasteiger partial charge in [-0.15, -0.1) is 0 Å². The van der Waals surface area contributed by atoms with Gasteiger partial charge in [-0.1, -0.05) is 388 Å². The van der Waals surface area contributed by atoms with Crippen LogP contribution in [0.4, 0.5) is 0 Å². The average molecular weight is 1510 g/mol. The lowest BCUT2D eigenvalue weighted by Crippen LogP contribution is -2.30. The van der Waals surface area contributed by atoms with E-state index < -0.39 is 28.6 Å². The van der Waals surface area contributed by atoms with E-state index in [9.17, 15) is 0 Å². The smallest absolute Gasteiger partial charge is 0.171 e. The van der Waals surface area contributed by atoms with Crippen molar-refractivity contribution in [2.24, 2.45) is 0 Å². The molecule has 0 heterocycles. The molecule has 0 atom stereocenters. The van der Waals surface area contributed by atoms with Gasteiger partial charge in [0.15, 0.2) is 28.6 Å². The first-order valence-corrected chi connectivity index (χ1v) is 44.6. The third-order valence-corrected chi connectivity index (χ3v) is 34.7. The molecule has 4 nitrogen and oxygen atoms in total. The maximum absolute atomic E-state index is 17.4. The summed E-state index contributed by atoms with van der Waals surface area (Å²) in [4.78, 5) is 0. The Kier molecular flexibility index (Phi) is 18.1. The molecule has 0 spiro atoms. The molecule has 0 aromatic heterocycles. The molecule has 112 heavy (non-hydrogen) atoms. The van der Waals surface area contributed by atoms with Crippen molar-refractivity contribution in [1.29, 1.82) is 0 Å². The van der Waals surface area contributed by atoms with Crippen molar-refractivity contribution in [2.45, 2.75) is 0 Å². The molecule has 0 aliphatic rings. The van der Waals surface area contributed by atoms with Gasteiger partial charge in [0.1, 0.15) is 0 Å². The molecule has 0 saturated heterocycles. The molecule has 0 unspecified atom stereocenters. The van der Waals surface area contributed by atoms with Crippen molar-refractivity contribution < 1.29 is 18.3 Å². The zero-order valence-corrected chi connectivity index (χ0v) is 64.6. The van der Waals surface area contributed by atoms with Gasteiger partial charge in [-0.05, 0) is 135 Å². The second-order valence-electron chi connectivity index (χ2n) is 28.6. The Bertz CT molecular complexity index is 6600. The third-order valence-electron chi connectivity index (χ3n) is 22.4. The van der Waals surface area contributed by atoms with Gasteiger partial charge in [-0.3, -0.25) is 0 Å². The van der Waals surface area contributed by atoms with Gasteiger partial charge < -0.3 is 18.3 Å². The van der Waals surface area contributed by atoms with E-state index in [1.807, 2.05) is 206 Å². The van der Waals surface area contributed by atoms with E-state index >= 15 is 18.3 Å². The van der Waals surface area contributed by atoms with Crippen LogP contribution in [-0.4, -0.2) is 0 Å². The predicted molar refractivity (Wildman–Crippen MR) is 481 cm³/mol. The molecule has 0 bridgehead atoms. The fraction of sp³-hybridized carbons (Fsp3) is 0. The summed E-state index contributed by atoms with van der Waals surface area (Å²) in [6.45, 7) is 0. The average Bonchev–Trinajstić information content (AvgIpc) is 0.714. The highest BCUT2D eigenvalue weighted by atomic mass is 31.2. The summed E-state index contributed by atoms with van der Waals surface area (Å²) in [6.07, 6.45) is 0. The van der Waals surface area contributed by atoms with E-state index in [1.54, 1.807) is 0 Å². The summed E-state index contributed by atoms with van der Waals surface area (Å²) in [5, 5.41) is 25.1. The Morgan fingerprint density at radius 2 is 0.286 bits per heavy atom. The van der Waals surface area contributed by atoms with E-state index in [0.29, 0.717) is 10.6 Å². The van der Waals surface area contributed by atoms with Crippen LogP contribution in [-0.2, 0) is 18.3 Å². The second kappa shape index (κ2) is 29.0. The number of benzene rings is 20. The highest BCUT2D eigenvalue weighted by molar-refractivity contribution is 7.87. The zero-order valence-electron chi connectivity index (χ0n) is 61.0. The van der Waals surface area contributed by atoms with Crippen molar-refractivity contribution in [3.63, 3.8) is 0 Å². The van der Waals surface area contributed by atoms with Crippen LogP contribution >= 0.6 is 28.6 Å². The predicted octanol–water partition coefficient (Wildman–Crippen LogP) is 22.5. The van der Waals surface area contributed by atoms with Crippen molar-refractivity contribution in [2.75, 3.05) is 0 Å². The fourth-order valence-corrected chi connectivity index (χ4v) is 28.4. The summed E-state index contributed by atoms with van der Waals surface area (Å²) in [6, 6.07) is 147. The Hall–Kier alpha value is -12.6. The van der Waals surface area contributed by atoms with Gasteiger partial charge in [0.25, 0.3) is 0 Å². The molecule has 20 aromatic carbocycles. The molecular weight excluding hydrogens is 1440 g/mol. The molecule has 0 aliphatic heterocycles. The largest absolute Gasteiger partial charge is 0.309 e. The minimum absolute atomic E-state index is 0.706. The first kappa shape index (κ1) is 69.8. The lowest BCUT2D eigenvalue weighted by molar-refractivity contribution is 0.591. The molecule has 0 fully saturated rings. The molecule has 0 aliphatic carbocycles. The van der Waals surface area contributed by atoms with Gasteiger partial charge in [0.05, 0.1) is 0 Å². The Labute approximate surface area is 651 Å². The Morgan fingerprint density at radius 3 is 0.500 bits per heavy atom. The zero-order chi connectivity index (χ0) is 75.4. The molecular formula is C104H72O4P4. The monoisotopic (exact) mass is 1510 g/mol. The fourth-order valence-electron chi connectivity index (χ4n) is 16.9. The van der Waals surface area contributed by atoms with Crippen LogP contribution < -0.4 is 63.7 Å². The minimum Gasteiger partial charge on any atom is -0.309 e. The second-order valence-corrected chi connectivity index (χ2v) is 39.6. The molecule has 20 aromatic rings. The van der Waals surface area contributed by atoms with Crippen LogP contribution in [0.15, 0.2) is 437 Å². The summed E-state index contributed by atoms with van der Waals surface area (Å²) < 4.78 is 67.3. The molecule has 0 amide bonds. The van der Waals surface area contributed by atoms with Crippen LogP contribution in [0.2, 0.25) is 0 Å². The SMILES string of the molecule is O=P(c1ccc2ccccc2c1)(c1ccc2ccccc2c1)c1ccc2ccccc2c1-c1c(P(=O)(c2ccc3ccccc3c2)c2ccc3ccccc3c2)ccc2ccccc12.O=P(c1ccccc1)(c1ccccc1)c1ccc2ccccc2c1-c1c(P(=O)(c2ccccc2)c2ccccc2)ccc2ccccc12. The number of rotatable bonds is 14. The standard InChI is InChI=1S/C60H40O2P2.C44H32O2P2/c61-63(51-31-25-41-13-1-5-19-47(41)37-51,52-32-26-42-14-2-6-20-48(42)38-52)57-35-29-45-17-9-11-23-55(45)59(57)60-56-24-12-10-18-46(56)30-36-58(60)64(62,53-33-27-43-15-3-7-21-49(43)39-53)54-34-28-44-16-4-8-22-50(44)40-54;45-47(35-19-5-1-6-20-35,36-21-7-2-8-22-36)41-31-29-33-17-13-15-27-39(33)43(41)44-40-28-16-14-18-34(40)30-32-42(44)48(46,37-23-9-3-10-24-37)38-25-11-4-12-26-38/h1-40H;1-32H. The van der Waals surface area contributed by atoms with Gasteiger partial charge in [-0.25, -0.2) is 0 Å². The highest BCUT2D eigenvalue weighted by Gasteiger charge is 2.41. The lowest BCUT2D eigenvalue weighted by Gasteiger charge is -2.29. The molecule has 532 valence electrons. The van der Waals surface area contributed by atoms with Crippen molar-refractivity contribution in [3.05, 3.63) is 437 Å². The van der Waals surface area contributed by atoms with Crippen LogP contribution in [0.3, 0.4) is 0 Å². The van der Waals surface area contributed by atoms with E-state index in [2.05, 4.69) is 231 Å². The third kappa shape index (κ3) is 11.9. The van der Waals surface area contributed by atoms with Crippen LogP contribution in [0.5, 0.6) is 0 Å². The quantitative estimate of drug-likeness (QED) is 0.102. The van der Waals surface area contributed by atoms with Gasteiger partial charge in [0.2, 0.25) is 0 Å². The van der Waals surface area contributed by atoms with E-state index in [1.165, 1.54) is 0 Å². The molecule has 20 rings (SSSR count). The van der Waals surface area contributed by atoms with Gasteiger partial charge >= 0.3 is 0 Å². The van der Waals surface area contributed by atoms with Crippen molar-refractivity contribution >= 4 is 178 Å². The Balaban J connectivity index is 0.000000157. The highest BCUT2D eigenvalue weighted by Crippen LogP contribution is 2.55. The minimum atomic E-state index is -3.74. The number of fused-ring (bicyclic) bond motifs is 8. The van der Waals surface area contributed by atoms with E-state index in [-0.39, 0.29) is 0 Å². The summed E-state index contributed by atoms with van der Waals surface area (Å²) in [5.41, 5.74) is 3.36. The maximum atomic E-state index is 17.4. The molecule has 8 heteroatoms. The molecule has 0 saturated carbocycles. The summed E-state index contributed by atoms with van der Waals surface area (Å²) in [5.74, 6) is 0. The van der Waals surface area contributed by atoms with E-state index in [4.69, 9.17) is 0 Å². The lowest BCUT2D eigenvalue weighted by atomic mass is 9.93. The Morgan fingerprint density at radius 1 is 0.125 bits per heavy atom. The van der Waals surface area contributed by atoms with Crippen molar-refractivity contribution in [1.82, 2.24) is 0 Å². The van der Waals surface area contributed by atoms with Crippen LogP contribution in [0.1, 0.15) is 0 Å². The maximum Gasteiger partial charge on any atom is 0.171 e. The molecule has 0 radical (unpaired) electrons. The number of hydrogen-bond donors (Lipinski definition) is 0. The molecule has 0 N–H and O–H groups in total. The van der Waals surface area contributed by atoms with Crippen LogP contribution in [0, 0.1) is 0 Å². The number of hydrogen-bond acceptors (Lipinski definition) is 4. The summed E-state index contributed by atoms with van der Waals surface area (Å²) >= 11 is 0. The normalized spacial score (nSPS) is 12.1. The van der Waals surface area contributed by atoms with Crippen molar-refractivity contribution in [3.8, 4) is 22.3 Å². The topological polar surface area (TPSA) is 68.3 Å². The van der Waals surface area contributed by atoms with E-state index in [0.717, 1.165) is 161 Å². The summed E-state index contributed by atoms with van der Waals surface area (Å²) in [7, 11) is -14.4.